The molecule has 0 rings (SSSR count). The van der Waals surface area contributed by atoms with E-state index in [0.717, 1.165) is 51.9 Å². The zero-order chi connectivity index (χ0) is 14.3. The third-order valence-electron chi connectivity index (χ3n) is 2.95. The third kappa shape index (κ3) is 11.5. The van der Waals surface area contributed by atoms with Gasteiger partial charge in [-0.1, -0.05) is 13.8 Å². The summed E-state index contributed by atoms with van der Waals surface area (Å²) in [4.78, 5) is 0. The minimum absolute atomic E-state index is 0.258. The summed E-state index contributed by atoms with van der Waals surface area (Å²) in [6.45, 7) is 8.41. The Morgan fingerprint density at radius 3 is 1.74 bits per heavy atom. The lowest BCUT2D eigenvalue weighted by Gasteiger charge is -2.22. The molecule has 19 heavy (non-hydrogen) atoms. The van der Waals surface area contributed by atoms with Gasteiger partial charge in [-0.05, 0) is 51.9 Å². The second-order valence-corrected chi connectivity index (χ2v) is 6.30. The van der Waals surface area contributed by atoms with Gasteiger partial charge >= 0.3 is 9.53 Å². The summed E-state index contributed by atoms with van der Waals surface area (Å²) in [5.74, 6) is 0. The number of rotatable bonds is 14. The van der Waals surface area contributed by atoms with Crippen LogP contribution in [-0.4, -0.2) is 56.0 Å². The Kier molecular flexibility index (Phi) is 14.4. The maximum atomic E-state index is 5.95. The average molecular weight is 292 g/mol. The summed E-state index contributed by atoms with van der Waals surface area (Å²) in [5.41, 5.74) is 0. The van der Waals surface area contributed by atoms with Crippen molar-refractivity contribution in [1.82, 2.24) is 10.6 Å². The van der Waals surface area contributed by atoms with Crippen LogP contribution < -0.4 is 10.6 Å². The maximum Gasteiger partial charge on any atom is 0.483 e. The molecule has 0 fully saturated rings. The standard InChI is InChI=1S/C13H32N2O3Si/c1-5-14-11-7-9-13(10-8-12-15-6-2)18-19(16-3)17-4/h13-15,19H,5-12H2,1-4H3. The van der Waals surface area contributed by atoms with Crippen LogP contribution in [0.1, 0.15) is 39.5 Å². The van der Waals surface area contributed by atoms with Crippen molar-refractivity contribution in [2.45, 2.75) is 45.6 Å². The van der Waals surface area contributed by atoms with E-state index in [-0.39, 0.29) is 6.10 Å². The van der Waals surface area contributed by atoms with E-state index in [1.54, 1.807) is 14.2 Å². The van der Waals surface area contributed by atoms with Gasteiger partial charge in [-0.3, -0.25) is 0 Å². The molecule has 116 valence electrons. The molecule has 0 aliphatic carbocycles. The molecule has 0 spiro atoms. The number of hydrogen-bond acceptors (Lipinski definition) is 5. The topological polar surface area (TPSA) is 51.8 Å². The van der Waals surface area contributed by atoms with Gasteiger partial charge < -0.3 is 23.9 Å². The zero-order valence-corrected chi connectivity index (χ0v) is 14.2. The first-order valence-corrected chi connectivity index (χ1v) is 8.82. The van der Waals surface area contributed by atoms with Crippen molar-refractivity contribution in [3.8, 4) is 0 Å². The Bertz CT molecular complexity index is 171. The van der Waals surface area contributed by atoms with Gasteiger partial charge in [0.1, 0.15) is 0 Å². The van der Waals surface area contributed by atoms with Crippen LogP contribution in [-0.2, 0) is 13.3 Å². The van der Waals surface area contributed by atoms with E-state index in [0.29, 0.717) is 0 Å². The van der Waals surface area contributed by atoms with Crippen molar-refractivity contribution in [3.63, 3.8) is 0 Å². The molecule has 2 N–H and O–H groups in total. The molecule has 0 unspecified atom stereocenters. The van der Waals surface area contributed by atoms with Gasteiger partial charge in [0.25, 0.3) is 0 Å². The Morgan fingerprint density at radius 1 is 0.895 bits per heavy atom. The lowest BCUT2D eigenvalue weighted by Crippen LogP contribution is -2.31. The highest BCUT2D eigenvalue weighted by Gasteiger charge is 2.18. The highest BCUT2D eigenvalue weighted by atomic mass is 28.3. The molecule has 5 nitrogen and oxygen atoms in total. The molecule has 0 amide bonds. The predicted molar refractivity (Wildman–Crippen MR) is 81.6 cm³/mol. The van der Waals surface area contributed by atoms with Gasteiger partial charge in [-0.2, -0.15) is 0 Å². The van der Waals surface area contributed by atoms with Crippen molar-refractivity contribution in [3.05, 3.63) is 0 Å². The lowest BCUT2D eigenvalue weighted by atomic mass is 10.1. The summed E-state index contributed by atoms with van der Waals surface area (Å²) in [7, 11) is 1.41. The largest absolute Gasteiger partial charge is 0.483 e. The van der Waals surface area contributed by atoms with Crippen molar-refractivity contribution < 1.29 is 13.3 Å². The highest BCUT2D eigenvalue weighted by molar-refractivity contribution is 6.36. The average Bonchev–Trinajstić information content (AvgIpc) is 2.44. The molecule has 0 radical (unpaired) electrons. The van der Waals surface area contributed by atoms with E-state index >= 15 is 0 Å². The summed E-state index contributed by atoms with van der Waals surface area (Å²) in [6, 6.07) is 0. The molecule has 0 atom stereocenters. The van der Waals surface area contributed by atoms with E-state index < -0.39 is 9.53 Å². The molecule has 6 heteroatoms. The molecule has 0 heterocycles. The molecule has 0 aliphatic heterocycles. The second-order valence-electron chi connectivity index (χ2n) is 4.51. The zero-order valence-electron chi connectivity index (χ0n) is 13.0. The van der Waals surface area contributed by atoms with Crippen LogP contribution >= 0.6 is 0 Å². The predicted octanol–water partition coefficient (Wildman–Crippen LogP) is 1.16. The normalized spacial score (nSPS) is 11.7. The van der Waals surface area contributed by atoms with Crippen molar-refractivity contribution in [2.75, 3.05) is 40.4 Å². The van der Waals surface area contributed by atoms with Crippen LogP contribution in [0.15, 0.2) is 0 Å². The molecule has 0 saturated carbocycles. The van der Waals surface area contributed by atoms with Crippen LogP contribution in [0.3, 0.4) is 0 Å². The van der Waals surface area contributed by atoms with E-state index in [1.807, 2.05) is 0 Å². The van der Waals surface area contributed by atoms with Gasteiger partial charge in [0.05, 0.1) is 0 Å². The van der Waals surface area contributed by atoms with Crippen LogP contribution in [0.2, 0.25) is 0 Å². The van der Waals surface area contributed by atoms with Crippen molar-refractivity contribution in [1.29, 1.82) is 0 Å². The summed E-state index contributed by atoms with van der Waals surface area (Å²) in [6.07, 6.45) is 4.65. The minimum atomic E-state index is -1.91. The second kappa shape index (κ2) is 14.4. The molecule has 0 bridgehead atoms. The SMILES string of the molecule is CCNCCCC(CCCNCC)O[SiH](OC)OC. The summed E-state index contributed by atoms with van der Waals surface area (Å²) in [5, 5.41) is 6.68. The van der Waals surface area contributed by atoms with Gasteiger partial charge in [0.2, 0.25) is 0 Å². The molecule has 0 aromatic carbocycles. The monoisotopic (exact) mass is 292 g/mol. The minimum Gasteiger partial charge on any atom is -0.379 e. The smallest absolute Gasteiger partial charge is 0.379 e. The van der Waals surface area contributed by atoms with Gasteiger partial charge in [0.15, 0.2) is 0 Å². The Hall–Kier alpha value is 0.0169. The van der Waals surface area contributed by atoms with Gasteiger partial charge in [0, 0.05) is 20.3 Å². The van der Waals surface area contributed by atoms with Crippen LogP contribution in [0.25, 0.3) is 0 Å². The first kappa shape index (κ1) is 19.0. The van der Waals surface area contributed by atoms with Crippen LogP contribution in [0.5, 0.6) is 0 Å². The molecular formula is C13H32N2O3Si. The summed E-state index contributed by atoms with van der Waals surface area (Å²) >= 11 is 0. The van der Waals surface area contributed by atoms with Crippen LogP contribution in [0.4, 0.5) is 0 Å². The van der Waals surface area contributed by atoms with E-state index in [4.69, 9.17) is 13.3 Å². The van der Waals surface area contributed by atoms with E-state index in [9.17, 15) is 0 Å². The van der Waals surface area contributed by atoms with Crippen molar-refractivity contribution in [2.24, 2.45) is 0 Å². The third-order valence-corrected chi connectivity index (χ3v) is 4.32. The summed E-state index contributed by atoms with van der Waals surface area (Å²) < 4.78 is 16.4. The van der Waals surface area contributed by atoms with E-state index in [2.05, 4.69) is 24.5 Å². The maximum absolute atomic E-state index is 5.95. The molecule has 0 aliphatic rings. The van der Waals surface area contributed by atoms with Gasteiger partial charge in [-0.25, -0.2) is 0 Å². The molecular weight excluding hydrogens is 260 g/mol. The first-order valence-electron chi connectivity index (χ1n) is 7.40. The Morgan fingerprint density at radius 2 is 1.37 bits per heavy atom. The van der Waals surface area contributed by atoms with Gasteiger partial charge in [-0.15, -0.1) is 0 Å². The molecule has 0 saturated heterocycles. The Labute approximate surface area is 120 Å². The number of hydrogen-bond donors (Lipinski definition) is 2. The fraction of sp³-hybridized carbons (Fsp3) is 1.00. The fourth-order valence-corrected chi connectivity index (χ4v) is 2.91. The molecule has 0 aromatic heterocycles. The lowest BCUT2D eigenvalue weighted by molar-refractivity contribution is 0.0744. The highest BCUT2D eigenvalue weighted by Crippen LogP contribution is 2.11. The van der Waals surface area contributed by atoms with Crippen LogP contribution in [0, 0.1) is 0 Å². The van der Waals surface area contributed by atoms with E-state index in [1.165, 1.54) is 0 Å². The fourth-order valence-electron chi connectivity index (χ4n) is 1.91. The quantitative estimate of drug-likeness (QED) is 0.372. The number of nitrogens with one attached hydrogen (secondary N) is 2. The van der Waals surface area contributed by atoms with Crippen molar-refractivity contribution >= 4 is 9.53 Å². The first-order chi connectivity index (χ1) is 9.28. The molecule has 0 aromatic rings. The Balaban J connectivity index is 3.91.